The van der Waals surface area contributed by atoms with Gasteiger partial charge < -0.3 is 9.84 Å². The molecule has 0 saturated heterocycles. The molecule has 0 aliphatic carbocycles. The number of esters is 1. The number of aromatic nitrogens is 3. The topological polar surface area (TPSA) is 77.2 Å². The molecular formula is C24H20BrN3O3. The number of carbonyl (C=O) groups excluding carboxylic acids is 1. The molecule has 7 heteroatoms. The summed E-state index contributed by atoms with van der Waals surface area (Å²) in [6.45, 7) is 3.72. The highest BCUT2D eigenvalue weighted by Gasteiger charge is 2.24. The number of hydrogen-bond donors (Lipinski definition) is 1. The zero-order valence-electron chi connectivity index (χ0n) is 17.0. The number of halogens is 1. The molecule has 1 aromatic heterocycles. The summed E-state index contributed by atoms with van der Waals surface area (Å²) in [6.07, 6.45) is 1.73. The Hall–Kier alpha value is -3.45. The number of nitrogens with zero attached hydrogens (tertiary/aromatic N) is 3. The van der Waals surface area contributed by atoms with E-state index in [0.717, 1.165) is 21.2 Å². The molecule has 0 bridgehead atoms. The second kappa shape index (κ2) is 8.73. The molecule has 0 radical (unpaired) electrons. The Bertz CT molecular complexity index is 1240. The van der Waals surface area contributed by atoms with Gasteiger partial charge in [0, 0.05) is 15.6 Å². The van der Waals surface area contributed by atoms with Crippen LogP contribution in [0.5, 0.6) is 5.75 Å². The normalized spacial score (nSPS) is 10.8. The van der Waals surface area contributed by atoms with Gasteiger partial charge in [-0.15, -0.1) is 5.10 Å². The molecule has 6 nitrogen and oxygen atoms in total. The van der Waals surface area contributed by atoms with Crippen molar-refractivity contribution >= 4 is 21.9 Å². The van der Waals surface area contributed by atoms with Crippen LogP contribution >= 0.6 is 15.9 Å². The van der Waals surface area contributed by atoms with Crippen LogP contribution in [-0.2, 0) is 4.74 Å². The summed E-state index contributed by atoms with van der Waals surface area (Å²) in [5.74, 6) is -0.767. The highest BCUT2D eigenvalue weighted by molar-refractivity contribution is 9.10. The molecule has 0 aliphatic rings. The van der Waals surface area contributed by atoms with Gasteiger partial charge >= 0.3 is 5.97 Å². The van der Waals surface area contributed by atoms with E-state index in [2.05, 4.69) is 26.2 Å². The molecule has 0 aliphatic heterocycles. The number of benzene rings is 3. The quantitative estimate of drug-likeness (QED) is 0.381. The number of hydrogen-bond acceptors (Lipinski definition) is 5. The third kappa shape index (κ3) is 4.09. The summed E-state index contributed by atoms with van der Waals surface area (Å²) in [5, 5.41) is 19.7. The standard InChI is InChI=1S/C24H20BrN3O3/c1-3-31-24(30)21-15(2)13-19(16-7-5-4-6-8-16)22(23(21)29)28-14-20(26-27-28)17-9-11-18(25)12-10-17/h4-14,29H,3H2,1-2H3. The molecule has 0 unspecified atom stereocenters. The lowest BCUT2D eigenvalue weighted by molar-refractivity contribution is 0.0522. The van der Waals surface area contributed by atoms with Crippen LogP contribution in [0.15, 0.2) is 71.3 Å². The van der Waals surface area contributed by atoms with Crippen molar-refractivity contribution in [3.63, 3.8) is 0 Å². The van der Waals surface area contributed by atoms with Crippen molar-refractivity contribution in [3.05, 3.63) is 82.5 Å². The van der Waals surface area contributed by atoms with Gasteiger partial charge in [-0.25, -0.2) is 9.48 Å². The second-order valence-electron chi connectivity index (χ2n) is 6.95. The lowest BCUT2D eigenvalue weighted by atomic mass is 9.96. The Kier molecular flexibility index (Phi) is 5.86. The maximum atomic E-state index is 12.5. The predicted octanol–water partition coefficient (Wildman–Crippen LogP) is 5.55. The Morgan fingerprint density at radius 3 is 2.48 bits per heavy atom. The van der Waals surface area contributed by atoms with E-state index in [-0.39, 0.29) is 17.9 Å². The van der Waals surface area contributed by atoms with Crippen molar-refractivity contribution < 1.29 is 14.6 Å². The Balaban J connectivity index is 1.92. The number of ether oxygens (including phenoxy) is 1. The summed E-state index contributed by atoms with van der Waals surface area (Å²) >= 11 is 3.43. The molecule has 156 valence electrons. The molecule has 0 saturated carbocycles. The van der Waals surface area contributed by atoms with Crippen LogP contribution in [0.25, 0.3) is 28.1 Å². The van der Waals surface area contributed by atoms with Crippen molar-refractivity contribution in [2.75, 3.05) is 6.61 Å². The summed E-state index contributed by atoms with van der Waals surface area (Å²) < 4.78 is 7.62. The van der Waals surface area contributed by atoms with Crippen LogP contribution in [0.4, 0.5) is 0 Å². The number of carbonyl (C=O) groups is 1. The van der Waals surface area contributed by atoms with Crippen molar-refractivity contribution in [1.29, 1.82) is 0 Å². The largest absolute Gasteiger partial charge is 0.505 e. The summed E-state index contributed by atoms with van der Waals surface area (Å²) in [4.78, 5) is 12.5. The first-order chi connectivity index (χ1) is 15.0. The van der Waals surface area contributed by atoms with Gasteiger partial charge in [0.05, 0.1) is 12.8 Å². The predicted molar refractivity (Wildman–Crippen MR) is 122 cm³/mol. The van der Waals surface area contributed by atoms with Gasteiger partial charge in [-0.05, 0) is 43.2 Å². The smallest absolute Gasteiger partial charge is 0.342 e. The Labute approximate surface area is 188 Å². The van der Waals surface area contributed by atoms with Crippen LogP contribution in [-0.4, -0.2) is 32.7 Å². The molecule has 0 fully saturated rings. The van der Waals surface area contributed by atoms with Gasteiger partial charge in [0.15, 0.2) is 5.75 Å². The highest BCUT2D eigenvalue weighted by Crippen LogP contribution is 2.38. The van der Waals surface area contributed by atoms with E-state index in [1.165, 1.54) is 4.68 Å². The molecule has 4 rings (SSSR count). The molecule has 3 aromatic carbocycles. The molecule has 0 spiro atoms. The average Bonchev–Trinajstić information content (AvgIpc) is 3.24. The molecule has 4 aromatic rings. The first-order valence-electron chi connectivity index (χ1n) is 9.77. The van der Waals surface area contributed by atoms with Crippen molar-refractivity contribution in [2.45, 2.75) is 13.8 Å². The zero-order valence-corrected chi connectivity index (χ0v) is 18.6. The first-order valence-corrected chi connectivity index (χ1v) is 10.6. The van der Waals surface area contributed by atoms with E-state index in [9.17, 15) is 9.90 Å². The SMILES string of the molecule is CCOC(=O)c1c(C)cc(-c2ccccc2)c(-n2cc(-c3ccc(Br)cc3)nn2)c1O. The maximum absolute atomic E-state index is 12.5. The fourth-order valence-electron chi connectivity index (χ4n) is 3.45. The fourth-order valence-corrected chi connectivity index (χ4v) is 3.71. The van der Waals surface area contributed by atoms with Gasteiger partial charge in [-0.1, -0.05) is 63.6 Å². The van der Waals surface area contributed by atoms with Crippen LogP contribution < -0.4 is 0 Å². The minimum Gasteiger partial charge on any atom is -0.505 e. The molecule has 1 heterocycles. The van der Waals surface area contributed by atoms with Crippen LogP contribution in [0, 0.1) is 6.92 Å². The van der Waals surface area contributed by atoms with Gasteiger partial charge in [-0.3, -0.25) is 0 Å². The minimum atomic E-state index is -0.577. The Morgan fingerprint density at radius 2 is 1.81 bits per heavy atom. The lowest BCUT2D eigenvalue weighted by Gasteiger charge is -2.16. The third-order valence-corrected chi connectivity index (χ3v) is 5.43. The molecule has 0 atom stereocenters. The van der Waals surface area contributed by atoms with Crippen molar-refractivity contribution in [3.8, 4) is 33.8 Å². The van der Waals surface area contributed by atoms with E-state index in [0.29, 0.717) is 16.9 Å². The fraction of sp³-hybridized carbons (Fsp3) is 0.125. The van der Waals surface area contributed by atoms with E-state index in [4.69, 9.17) is 4.74 Å². The Morgan fingerprint density at radius 1 is 1.10 bits per heavy atom. The number of aryl methyl sites for hydroxylation is 1. The number of phenolic OH excluding ortho intramolecular Hbond substituents is 1. The molecule has 0 amide bonds. The summed E-state index contributed by atoms with van der Waals surface area (Å²) in [5.41, 5.74) is 4.25. The minimum absolute atomic E-state index is 0.122. The first kappa shape index (κ1) is 20.8. The third-order valence-electron chi connectivity index (χ3n) is 4.90. The number of rotatable bonds is 5. The van der Waals surface area contributed by atoms with Gasteiger partial charge in [-0.2, -0.15) is 0 Å². The number of aromatic hydroxyl groups is 1. The molecule has 31 heavy (non-hydrogen) atoms. The zero-order chi connectivity index (χ0) is 22.0. The highest BCUT2D eigenvalue weighted by atomic mass is 79.9. The molecular weight excluding hydrogens is 458 g/mol. The van der Waals surface area contributed by atoms with Crippen LogP contribution in [0.1, 0.15) is 22.8 Å². The van der Waals surface area contributed by atoms with Gasteiger partial charge in [0.2, 0.25) is 0 Å². The maximum Gasteiger partial charge on any atom is 0.342 e. The monoisotopic (exact) mass is 477 g/mol. The van der Waals surface area contributed by atoms with Crippen molar-refractivity contribution in [1.82, 2.24) is 15.0 Å². The van der Waals surface area contributed by atoms with E-state index in [1.807, 2.05) is 60.7 Å². The van der Waals surface area contributed by atoms with Gasteiger partial charge in [0.25, 0.3) is 0 Å². The average molecular weight is 478 g/mol. The van der Waals surface area contributed by atoms with Gasteiger partial charge in [0.1, 0.15) is 16.9 Å². The van der Waals surface area contributed by atoms with E-state index < -0.39 is 5.97 Å². The summed E-state index contributed by atoms with van der Waals surface area (Å²) in [6, 6.07) is 19.2. The van der Waals surface area contributed by atoms with E-state index in [1.54, 1.807) is 20.0 Å². The van der Waals surface area contributed by atoms with Crippen LogP contribution in [0.2, 0.25) is 0 Å². The second-order valence-corrected chi connectivity index (χ2v) is 7.87. The van der Waals surface area contributed by atoms with Crippen LogP contribution in [0.3, 0.4) is 0 Å². The number of phenols is 1. The molecule has 1 N–H and O–H groups in total. The van der Waals surface area contributed by atoms with E-state index >= 15 is 0 Å². The van der Waals surface area contributed by atoms with Crippen molar-refractivity contribution in [2.24, 2.45) is 0 Å². The lowest BCUT2D eigenvalue weighted by Crippen LogP contribution is -2.10. The summed E-state index contributed by atoms with van der Waals surface area (Å²) in [7, 11) is 0.